The number of carbonyl (C=O) groups is 2. The summed E-state index contributed by atoms with van der Waals surface area (Å²) in [6, 6.07) is 5.71. The van der Waals surface area contributed by atoms with E-state index in [4.69, 9.17) is 11.6 Å². The molecule has 36 heavy (non-hydrogen) atoms. The van der Waals surface area contributed by atoms with Crippen molar-refractivity contribution in [2.75, 3.05) is 13.2 Å². The fourth-order valence-corrected chi connectivity index (χ4v) is 6.36. The first-order valence-corrected chi connectivity index (χ1v) is 12.9. The Balaban J connectivity index is 1.59. The highest BCUT2D eigenvalue weighted by Crippen LogP contribution is 2.48. The minimum atomic E-state index is -4.60. The van der Waals surface area contributed by atoms with Crippen molar-refractivity contribution in [3.8, 4) is 17.9 Å². The maximum absolute atomic E-state index is 13.4. The number of sulfone groups is 1. The molecule has 2 saturated carbocycles. The predicted octanol–water partition coefficient (Wildman–Crippen LogP) is 2.50. The summed E-state index contributed by atoms with van der Waals surface area (Å²) in [7, 11) is -4.26. The van der Waals surface area contributed by atoms with Gasteiger partial charge in [0, 0.05) is 12.6 Å². The van der Waals surface area contributed by atoms with Crippen LogP contribution in [-0.2, 0) is 19.4 Å². The van der Waals surface area contributed by atoms with Crippen LogP contribution in [0.4, 0.5) is 13.2 Å². The summed E-state index contributed by atoms with van der Waals surface area (Å²) in [5.41, 5.74) is -2.36. The molecule has 4 rings (SSSR count). The smallest absolute Gasteiger partial charge is 0.422 e. The summed E-state index contributed by atoms with van der Waals surface area (Å²) < 4.78 is 68.6. The van der Waals surface area contributed by atoms with Gasteiger partial charge in [-0.25, -0.2) is 8.42 Å². The highest BCUT2D eigenvalue weighted by molar-refractivity contribution is 7.92. The Morgan fingerprint density at radius 2 is 1.86 bits per heavy atom. The number of nitrogens with zero attached hydrogens (tertiary/aromatic N) is 3. The van der Waals surface area contributed by atoms with Gasteiger partial charge in [0.1, 0.15) is 22.7 Å². The number of halogens is 4. The Morgan fingerprint density at radius 3 is 2.36 bits per heavy atom. The quantitative estimate of drug-likeness (QED) is 0.556. The van der Waals surface area contributed by atoms with Crippen LogP contribution >= 0.6 is 11.6 Å². The summed E-state index contributed by atoms with van der Waals surface area (Å²) in [5, 5.41) is 19.7. The number of amides is 2. The van der Waals surface area contributed by atoms with E-state index in [1.165, 1.54) is 0 Å². The molecular weight excluding hydrogens is 525 g/mol. The van der Waals surface area contributed by atoms with Crippen molar-refractivity contribution in [3.63, 3.8) is 0 Å². The molecule has 1 aliphatic heterocycles. The minimum Gasteiger partial charge on any atom is -0.484 e. The number of hydrogen-bond donors (Lipinski definition) is 1. The fraction of sp³-hybridized carbons (Fsp3) is 0.545. The Morgan fingerprint density at radius 1 is 1.19 bits per heavy atom. The highest BCUT2D eigenvalue weighted by Gasteiger charge is 2.58. The van der Waals surface area contributed by atoms with E-state index in [1.54, 1.807) is 0 Å². The standard InChI is InChI=1S/C22H20ClF3N4O5S/c23-15-7-13(35-12-22(24,25)26)1-2-17(15)36(33,34)14-8-16(18(31)29-21(11-28)5-6-21)30(9-14)19(32)20(10-27)3-4-20/h1-2,7,14,16H,3-6,8-9,12H2,(H,29,31). The molecule has 3 aliphatic rings. The number of carbonyl (C=O) groups excluding carboxylic acids is 2. The van der Waals surface area contributed by atoms with E-state index in [0.29, 0.717) is 12.8 Å². The van der Waals surface area contributed by atoms with Gasteiger partial charge in [-0.1, -0.05) is 11.6 Å². The van der Waals surface area contributed by atoms with Gasteiger partial charge in [0.2, 0.25) is 11.8 Å². The van der Waals surface area contributed by atoms with E-state index in [1.807, 2.05) is 12.1 Å². The third-order valence-electron chi connectivity index (χ3n) is 6.58. The van der Waals surface area contributed by atoms with Crippen LogP contribution in [0.3, 0.4) is 0 Å². The highest BCUT2D eigenvalue weighted by atomic mass is 35.5. The lowest BCUT2D eigenvalue weighted by molar-refractivity contribution is -0.153. The van der Waals surface area contributed by atoms with Gasteiger partial charge in [0.25, 0.3) is 0 Å². The molecule has 0 radical (unpaired) electrons. The van der Waals surface area contributed by atoms with E-state index in [-0.39, 0.29) is 41.5 Å². The molecule has 3 fully saturated rings. The summed E-state index contributed by atoms with van der Waals surface area (Å²) in [4.78, 5) is 26.8. The molecule has 0 spiro atoms. The molecule has 0 aromatic heterocycles. The first kappa shape index (κ1) is 26.0. The van der Waals surface area contributed by atoms with Crippen molar-refractivity contribution >= 4 is 33.3 Å². The van der Waals surface area contributed by atoms with Crippen molar-refractivity contribution in [1.82, 2.24) is 10.2 Å². The van der Waals surface area contributed by atoms with Gasteiger partial charge in [-0.15, -0.1) is 0 Å². The van der Waals surface area contributed by atoms with Crippen LogP contribution in [-0.4, -0.2) is 61.3 Å². The molecule has 1 aromatic carbocycles. The summed E-state index contributed by atoms with van der Waals surface area (Å²) in [6.07, 6.45) is -3.46. The summed E-state index contributed by atoms with van der Waals surface area (Å²) in [6.45, 7) is -1.97. The third-order valence-corrected chi connectivity index (χ3v) is 9.19. The number of benzene rings is 1. The van der Waals surface area contributed by atoms with Crippen molar-refractivity contribution in [2.24, 2.45) is 5.41 Å². The molecule has 1 aromatic rings. The SMILES string of the molecule is N#CC1(NC(=O)C2CC(S(=O)(=O)c3ccc(OCC(F)(F)F)cc3Cl)CN2C(=O)C2(C#N)CC2)CC1. The second-order valence-electron chi connectivity index (χ2n) is 9.25. The van der Waals surface area contributed by atoms with Crippen LogP contribution in [0.25, 0.3) is 0 Å². The summed E-state index contributed by atoms with van der Waals surface area (Å²) in [5.74, 6) is -1.62. The van der Waals surface area contributed by atoms with E-state index >= 15 is 0 Å². The van der Waals surface area contributed by atoms with E-state index in [2.05, 4.69) is 10.1 Å². The maximum atomic E-state index is 13.4. The number of hydrogen-bond acceptors (Lipinski definition) is 7. The van der Waals surface area contributed by atoms with Crippen LogP contribution in [0, 0.1) is 28.1 Å². The van der Waals surface area contributed by atoms with Gasteiger partial charge in [-0.2, -0.15) is 23.7 Å². The second-order valence-corrected chi connectivity index (χ2v) is 11.9. The lowest BCUT2D eigenvalue weighted by atomic mass is 10.1. The zero-order chi connectivity index (χ0) is 26.5. The van der Waals surface area contributed by atoms with E-state index < -0.39 is 56.7 Å². The molecule has 1 saturated heterocycles. The van der Waals surface area contributed by atoms with Crippen LogP contribution < -0.4 is 10.1 Å². The first-order chi connectivity index (χ1) is 16.8. The average molecular weight is 545 g/mol. The molecule has 2 aliphatic carbocycles. The number of alkyl halides is 3. The van der Waals surface area contributed by atoms with Crippen molar-refractivity contribution in [1.29, 1.82) is 10.5 Å². The molecule has 0 bridgehead atoms. The minimum absolute atomic E-state index is 0.285. The molecule has 2 atom stereocenters. The Hall–Kier alpha value is -3.03. The number of nitriles is 2. The predicted molar refractivity (Wildman–Crippen MR) is 117 cm³/mol. The van der Waals surface area contributed by atoms with E-state index in [0.717, 1.165) is 23.1 Å². The molecule has 1 N–H and O–H groups in total. The molecule has 2 amide bonds. The summed E-state index contributed by atoms with van der Waals surface area (Å²) >= 11 is 6.08. The van der Waals surface area contributed by atoms with Crippen LogP contribution in [0.15, 0.2) is 23.1 Å². The van der Waals surface area contributed by atoms with Crippen molar-refractivity contribution in [3.05, 3.63) is 23.2 Å². The van der Waals surface area contributed by atoms with Gasteiger partial charge in [0.15, 0.2) is 16.4 Å². The lowest BCUT2D eigenvalue weighted by Crippen LogP contribution is -2.51. The molecule has 9 nitrogen and oxygen atoms in total. The Kier molecular flexibility index (Phi) is 6.38. The van der Waals surface area contributed by atoms with Crippen LogP contribution in [0.5, 0.6) is 5.75 Å². The third kappa shape index (κ3) is 4.95. The molecule has 1 heterocycles. The molecule has 2 unspecified atom stereocenters. The van der Waals surface area contributed by atoms with Crippen molar-refractivity contribution < 1.29 is 35.9 Å². The normalized spacial score (nSPS) is 23.8. The average Bonchev–Trinajstić information content (AvgIpc) is 3.73. The van der Waals surface area contributed by atoms with Gasteiger partial charge in [-0.3, -0.25) is 9.59 Å². The second kappa shape index (κ2) is 8.82. The monoisotopic (exact) mass is 544 g/mol. The Bertz CT molecular complexity index is 1300. The van der Waals surface area contributed by atoms with Crippen LogP contribution in [0.1, 0.15) is 32.1 Å². The number of rotatable bonds is 7. The first-order valence-electron chi connectivity index (χ1n) is 10.9. The molecular formula is C22H20ClF3N4O5S. The van der Waals surface area contributed by atoms with Gasteiger partial charge >= 0.3 is 6.18 Å². The molecule has 14 heteroatoms. The van der Waals surface area contributed by atoms with Gasteiger partial charge < -0.3 is 15.0 Å². The number of ether oxygens (including phenoxy) is 1. The largest absolute Gasteiger partial charge is 0.484 e. The lowest BCUT2D eigenvalue weighted by Gasteiger charge is -2.26. The number of likely N-dealkylation sites (tertiary alicyclic amines) is 1. The topological polar surface area (TPSA) is 140 Å². The van der Waals surface area contributed by atoms with Crippen LogP contribution in [0.2, 0.25) is 5.02 Å². The van der Waals surface area contributed by atoms with Crippen molar-refractivity contribution in [2.45, 2.75) is 60.0 Å². The fourth-order valence-electron chi connectivity index (χ4n) is 4.12. The zero-order valence-electron chi connectivity index (χ0n) is 18.6. The number of nitrogens with one attached hydrogen (secondary N) is 1. The van der Waals surface area contributed by atoms with E-state index in [9.17, 15) is 41.7 Å². The van der Waals surface area contributed by atoms with Gasteiger partial charge in [-0.05, 0) is 44.2 Å². The zero-order valence-corrected chi connectivity index (χ0v) is 20.2. The van der Waals surface area contributed by atoms with Gasteiger partial charge in [0.05, 0.1) is 27.3 Å². The maximum Gasteiger partial charge on any atom is 0.422 e. The molecule has 192 valence electrons. The Labute approximate surface area is 209 Å².